The number of nitro benzene ring substituents is 1. The summed E-state index contributed by atoms with van der Waals surface area (Å²) in [6.07, 6.45) is 0. The molecule has 7 heteroatoms. The van der Waals surface area contributed by atoms with Crippen LogP contribution in [0.4, 0.5) is 17.1 Å². The van der Waals surface area contributed by atoms with Gasteiger partial charge >= 0.3 is 0 Å². The van der Waals surface area contributed by atoms with Crippen molar-refractivity contribution < 1.29 is 14.5 Å². The van der Waals surface area contributed by atoms with Gasteiger partial charge in [-0.15, -0.1) is 0 Å². The standard InChI is InChI=1S/C17H19N3O4/c1-3-19(13-7-5-4-6-8-13)17(21)12-18-15-11-14(20(22)23)9-10-16(15)24-2/h4-11,18H,3,12H2,1-2H3. The minimum atomic E-state index is -0.491. The highest BCUT2D eigenvalue weighted by atomic mass is 16.6. The average Bonchev–Trinajstić information content (AvgIpc) is 2.61. The average molecular weight is 329 g/mol. The molecule has 7 nitrogen and oxygen atoms in total. The SMILES string of the molecule is CCN(C(=O)CNc1cc([N+](=O)[O-])ccc1OC)c1ccccc1. The molecule has 0 fully saturated rings. The van der Waals surface area contributed by atoms with E-state index in [1.54, 1.807) is 4.90 Å². The second-order valence-corrected chi connectivity index (χ2v) is 4.97. The molecular formula is C17H19N3O4. The van der Waals surface area contributed by atoms with Gasteiger partial charge in [0.25, 0.3) is 5.69 Å². The smallest absolute Gasteiger partial charge is 0.271 e. The van der Waals surface area contributed by atoms with Crippen molar-refractivity contribution in [1.82, 2.24) is 0 Å². The van der Waals surface area contributed by atoms with E-state index in [9.17, 15) is 14.9 Å². The molecule has 0 saturated carbocycles. The lowest BCUT2D eigenvalue weighted by Crippen LogP contribution is -2.35. The van der Waals surface area contributed by atoms with Crippen LogP contribution in [-0.2, 0) is 4.79 Å². The maximum Gasteiger partial charge on any atom is 0.271 e. The summed E-state index contributed by atoms with van der Waals surface area (Å²) in [4.78, 5) is 24.5. The number of carbonyl (C=O) groups is 1. The number of non-ortho nitro benzene ring substituents is 1. The second-order valence-electron chi connectivity index (χ2n) is 4.97. The van der Waals surface area contributed by atoms with Crippen molar-refractivity contribution in [2.75, 3.05) is 30.4 Å². The molecule has 1 N–H and O–H groups in total. The molecule has 0 aliphatic rings. The number of anilines is 2. The van der Waals surface area contributed by atoms with Gasteiger partial charge in [0, 0.05) is 24.4 Å². The molecule has 24 heavy (non-hydrogen) atoms. The third-order valence-electron chi connectivity index (χ3n) is 3.51. The predicted molar refractivity (Wildman–Crippen MR) is 92.6 cm³/mol. The minimum Gasteiger partial charge on any atom is -0.495 e. The van der Waals surface area contributed by atoms with E-state index in [1.165, 1.54) is 25.3 Å². The molecule has 0 bridgehead atoms. The van der Waals surface area contributed by atoms with Gasteiger partial charge in [0.1, 0.15) is 5.75 Å². The van der Waals surface area contributed by atoms with E-state index < -0.39 is 4.92 Å². The summed E-state index contributed by atoms with van der Waals surface area (Å²) in [7, 11) is 1.47. The van der Waals surface area contributed by atoms with E-state index in [2.05, 4.69) is 5.32 Å². The highest BCUT2D eigenvalue weighted by molar-refractivity contribution is 5.96. The molecule has 0 aliphatic carbocycles. The van der Waals surface area contributed by atoms with Crippen LogP contribution in [0.1, 0.15) is 6.92 Å². The molecule has 0 unspecified atom stereocenters. The number of hydrogen-bond donors (Lipinski definition) is 1. The molecule has 0 aromatic heterocycles. The van der Waals surface area contributed by atoms with Gasteiger partial charge in [-0.25, -0.2) is 0 Å². The molecule has 0 spiro atoms. The van der Waals surface area contributed by atoms with Gasteiger partial charge in [0.15, 0.2) is 0 Å². The topological polar surface area (TPSA) is 84.7 Å². The van der Waals surface area contributed by atoms with Gasteiger partial charge in [0.2, 0.25) is 5.91 Å². The number of carbonyl (C=O) groups excluding carboxylic acids is 1. The third kappa shape index (κ3) is 4.01. The monoisotopic (exact) mass is 329 g/mol. The number of nitro groups is 1. The molecule has 0 atom stereocenters. The van der Waals surface area contributed by atoms with E-state index in [-0.39, 0.29) is 18.1 Å². The van der Waals surface area contributed by atoms with Gasteiger partial charge in [-0.2, -0.15) is 0 Å². The second kappa shape index (κ2) is 7.96. The first-order valence-electron chi connectivity index (χ1n) is 7.48. The lowest BCUT2D eigenvalue weighted by atomic mass is 10.2. The molecule has 0 heterocycles. The molecule has 1 amide bonds. The molecule has 2 rings (SSSR count). The fourth-order valence-corrected chi connectivity index (χ4v) is 2.32. The highest BCUT2D eigenvalue weighted by Crippen LogP contribution is 2.28. The fourth-order valence-electron chi connectivity index (χ4n) is 2.32. The molecule has 126 valence electrons. The summed E-state index contributed by atoms with van der Waals surface area (Å²) in [6.45, 7) is 2.41. The summed E-state index contributed by atoms with van der Waals surface area (Å²) in [5.41, 5.74) is 1.14. The van der Waals surface area contributed by atoms with Crippen LogP contribution in [0.15, 0.2) is 48.5 Å². The van der Waals surface area contributed by atoms with E-state index >= 15 is 0 Å². The number of nitrogens with zero attached hydrogens (tertiary/aromatic N) is 2. The van der Waals surface area contributed by atoms with Crippen LogP contribution < -0.4 is 15.0 Å². The van der Waals surface area contributed by atoms with Gasteiger partial charge in [-0.1, -0.05) is 18.2 Å². The van der Waals surface area contributed by atoms with Gasteiger partial charge in [-0.05, 0) is 25.1 Å². The van der Waals surface area contributed by atoms with Gasteiger partial charge in [0.05, 0.1) is 24.3 Å². The van der Waals surface area contributed by atoms with Crippen LogP contribution in [0, 0.1) is 10.1 Å². The maximum atomic E-state index is 12.5. The van der Waals surface area contributed by atoms with Crippen molar-refractivity contribution in [1.29, 1.82) is 0 Å². The number of rotatable bonds is 7. The van der Waals surface area contributed by atoms with Crippen LogP contribution in [0.2, 0.25) is 0 Å². The van der Waals surface area contributed by atoms with E-state index in [1.807, 2.05) is 37.3 Å². The largest absolute Gasteiger partial charge is 0.495 e. The van der Waals surface area contributed by atoms with E-state index in [0.717, 1.165) is 5.69 Å². The van der Waals surface area contributed by atoms with Crippen molar-refractivity contribution >= 4 is 23.0 Å². The maximum absolute atomic E-state index is 12.5. The van der Waals surface area contributed by atoms with E-state index in [4.69, 9.17) is 4.74 Å². The zero-order chi connectivity index (χ0) is 17.5. The Bertz CT molecular complexity index is 719. The summed E-state index contributed by atoms with van der Waals surface area (Å²) in [5, 5.41) is 13.8. The highest BCUT2D eigenvalue weighted by Gasteiger charge is 2.16. The Kier molecular flexibility index (Phi) is 5.73. The Morgan fingerprint density at radius 2 is 1.96 bits per heavy atom. The van der Waals surface area contributed by atoms with Crippen LogP contribution in [0.25, 0.3) is 0 Å². The number of nitrogens with one attached hydrogen (secondary N) is 1. The normalized spacial score (nSPS) is 10.1. The quantitative estimate of drug-likeness (QED) is 0.623. The summed E-state index contributed by atoms with van der Waals surface area (Å²) >= 11 is 0. The number of hydrogen-bond acceptors (Lipinski definition) is 5. The van der Waals surface area contributed by atoms with Crippen molar-refractivity contribution in [3.8, 4) is 5.75 Å². The lowest BCUT2D eigenvalue weighted by molar-refractivity contribution is -0.384. The predicted octanol–water partition coefficient (Wildman–Crippen LogP) is 3.07. The molecule has 0 saturated heterocycles. The van der Waals surface area contributed by atoms with Gasteiger partial charge < -0.3 is 15.0 Å². The molecular weight excluding hydrogens is 310 g/mol. The summed E-state index contributed by atoms with van der Waals surface area (Å²) < 4.78 is 5.17. The van der Waals surface area contributed by atoms with Crippen LogP contribution in [-0.4, -0.2) is 31.0 Å². The summed E-state index contributed by atoms with van der Waals surface area (Å²) in [5.74, 6) is 0.299. The number of para-hydroxylation sites is 1. The lowest BCUT2D eigenvalue weighted by Gasteiger charge is -2.21. The Hall–Kier alpha value is -3.09. The van der Waals surface area contributed by atoms with Crippen molar-refractivity contribution in [3.05, 3.63) is 58.6 Å². The van der Waals surface area contributed by atoms with Crippen molar-refractivity contribution in [2.24, 2.45) is 0 Å². The van der Waals surface area contributed by atoms with Crippen molar-refractivity contribution in [2.45, 2.75) is 6.92 Å². The minimum absolute atomic E-state index is 0.000260. The number of benzene rings is 2. The molecule has 0 aliphatic heterocycles. The first kappa shape index (κ1) is 17.3. The number of methoxy groups -OCH3 is 1. The third-order valence-corrected chi connectivity index (χ3v) is 3.51. The number of amides is 1. The first-order valence-corrected chi connectivity index (χ1v) is 7.48. The van der Waals surface area contributed by atoms with Crippen LogP contribution >= 0.6 is 0 Å². The number of likely N-dealkylation sites (N-methyl/N-ethyl adjacent to an activating group) is 1. The van der Waals surface area contributed by atoms with Gasteiger partial charge in [-0.3, -0.25) is 14.9 Å². The molecule has 2 aromatic rings. The zero-order valence-electron chi connectivity index (χ0n) is 13.6. The Morgan fingerprint density at radius 3 is 2.54 bits per heavy atom. The van der Waals surface area contributed by atoms with Crippen LogP contribution in [0.3, 0.4) is 0 Å². The Balaban J connectivity index is 2.13. The fraction of sp³-hybridized carbons (Fsp3) is 0.235. The van der Waals surface area contributed by atoms with Crippen LogP contribution in [0.5, 0.6) is 5.75 Å². The summed E-state index contributed by atoms with van der Waals surface area (Å²) in [6, 6.07) is 13.5. The molecule has 2 aromatic carbocycles. The first-order chi connectivity index (χ1) is 11.6. The number of ether oxygens (including phenoxy) is 1. The Labute approximate surface area is 140 Å². The zero-order valence-corrected chi connectivity index (χ0v) is 13.6. The van der Waals surface area contributed by atoms with Crippen molar-refractivity contribution in [3.63, 3.8) is 0 Å². The van der Waals surface area contributed by atoms with E-state index in [0.29, 0.717) is 18.0 Å². The Morgan fingerprint density at radius 1 is 1.25 bits per heavy atom. The molecule has 0 radical (unpaired) electrons.